The van der Waals surface area contributed by atoms with Crippen LogP contribution in [0.2, 0.25) is 0 Å². The van der Waals surface area contributed by atoms with Crippen molar-refractivity contribution >= 4 is 29.1 Å². The van der Waals surface area contributed by atoms with Crippen LogP contribution in [0, 0.1) is 0 Å². The third-order valence-electron chi connectivity index (χ3n) is 5.30. The molecule has 0 aliphatic rings. The number of aromatic nitrogens is 3. The van der Waals surface area contributed by atoms with E-state index in [2.05, 4.69) is 15.5 Å². The second-order valence-electron chi connectivity index (χ2n) is 7.77. The standard InChI is InChI=1S/C26H24N4O4S/c1-16(31)18-4-8-20(9-5-18)27-25(33)17(2)35-26-29-28-24(19-6-12-22(32)13-7-19)30(26)21-10-14-23(34-3)15-11-21/h4-15,17,32H,1-3H3,(H,27,33). The first kappa shape index (κ1) is 24.0. The highest BCUT2D eigenvalue weighted by atomic mass is 32.2. The smallest absolute Gasteiger partial charge is 0.237 e. The van der Waals surface area contributed by atoms with Gasteiger partial charge in [0, 0.05) is 22.5 Å². The molecule has 4 rings (SSSR count). The molecule has 8 nitrogen and oxygen atoms in total. The average Bonchev–Trinajstić information content (AvgIpc) is 3.28. The molecule has 4 aromatic rings. The molecule has 0 fully saturated rings. The van der Waals surface area contributed by atoms with Crippen LogP contribution >= 0.6 is 11.8 Å². The lowest BCUT2D eigenvalue weighted by Gasteiger charge is -2.14. The highest BCUT2D eigenvalue weighted by Crippen LogP contribution is 2.31. The molecule has 1 amide bonds. The zero-order valence-corrected chi connectivity index (χ0v) is 20.2. The van der Waals surface area contributed by atoms with E-state index in [0.29, 0.717) is 28.0 Å². The predicted molar refractivity (Wildman–Crippen MR) is 135 cm³/mol. The van der Waals surface area contributed by atoms with Gasteiger partial charge in [0.15, 0.2) is 16.8 Å². The number of hydrogen-bond acceptors (Lipinski definition) is 7. The van der Waals surface area contributed by atoms with Crippen molar-refractivity contribution in [2.75, 3.05) is 12.4 Å². The number of hydrogen-bond donors (Lipinski definition) is 2. The minimum atomic E-state index is -0.489. The molecule has 1 unspecified atom stereocenters. The van der Waals surface area contributed by atoms with Gasteiger partial charge in [-0.15, -0.1) is 10.2 Å². The first-order chi connectivity index (χ1) is 16.9. The van der Waals surface area contributed by atoms with Gasteiger partial charge in [-0.1, -0.05) is 11.8 Å². The van der Waals surface area contributed by atoms with E-state index >= 15 is 0 Å². The van der Waals surface area contributed by atoms with E-state index in [1.807, 2.05) is 28.8 Å². The summed E-state index contributed by atoms with van der Waals surface area (Å²) in [6.07, 6.45) is 0. The number of carbonyl (C=O) groups is 2. The average molecular weight is 489 g/mol. The molecule has 0 spiro atoms. The number of Topliss-reactive ketones (excluding diaryl/α,β-unsaturated/α-hetero) is 1. The first-order valence-electron chi connectivity index (χ1n) is 10.8. The Bertz CT molecular complexity index is 1330. The number of rotatable bonds is 8. The Kier molecular flexibility index (Phi) is 7.17. The lowest BCUT2D eigenvalue weighted by atomic mass is 10.1. The van der Waals surface area contributed by atoms with Crippen molar-refractivity contribution in [1.82, 2.24) is 14.8 Å². The van der Waals surface area contributed by atoms with Gasteiger partial charge >= 0.3 is 0 Å². The van der Waals surface area contributed by atoms with Crippen LogP contribution in [0.4, 0.5) is 5.69 Å². The number of amides is 1. The summed E-state index contributed by atoms with van der Waals surface area (Å²) in [6, 6.07) is 20.9. The Hall–Kier alpha value is -4.11. The Morgan fingerprint density at radius 3 is 2.23 bits per heavy atom. The van der Waals surface area contributed by atoms with Crippen LogP contribution in [-0.4, -0.2) is 43.9 Å². The minimum absolute atomic E-state index is 0.0332. The lowest BCUT2D eigenvalue weighted by Crippen LogP contribution is -2.23. The quantitative estimate of drug-likeness (QED) is 0.266. The molecule has 0 saturated carbocycles. The summed E-state index contributed by atoms with van der Waals surface area (Å²) in [5.41, 5.74) is 2.75. The van der Waals surface area contributed by atoms with Crippen molar-refractivity contribution in [2.45, 2.75) is 24.3 Å². The van der Waals surface area contributed by atoms with E-state index in [0.717, 1.165) is 11.3 Å². The highest BCUT2D eigenvalue weighted by Gasteiger charge is 2.22. The number of phenols is 1. The highest BCUT2D eigenvalue weighted by molar-refractivity contribution is 8.00. The summed E-state index contributed by atoms with van der Waals surface area (Å²) < 4.78 is 7.14. The maximum atomic E-state index is 12.9. The van der Waals surface area contributed by atoms with Crippen molar-refractivity contribution in [3.05, 3.63) is 78.4 Å². The van der Waals surface area contributed by atoms with Crippen LogP contribution < -0.4 is 10.1 Å². The van der Waals surface area contributed by atoms with Gasteiger partial charge in [0.25, 0.3) is 0 Å². The fourth-order valence-corrected chi connectivity index (χ4v) is 4.22. The lowest BCUT2D eigenvalue weighted by molar-refractivity contribution is -0.115. The van der Waals surface area contributed by atoms with Crippen LogP contribution in [0.5, 0.6) is 11.5 Å². The molecule has 178 valence electrons. The van der Waals surface area contributed by atoms with E-state index in [1.165, 1.54) is 18.7 Å². The number of aromatic hydroxyl groups is 1. The van der Waals surface area contributed by atoms with Gasteiger partial charge in [-0.05, 0) is 86.6 Å². The Labute approximate surface area is 207 Å². The summed E-state index contributed by atoms with van der Waals surface area (Å²) in [5, 5.41) is 21.3. The Balaban J connectivity index is 1.61. The molecular formula is C26H24N4O4S. The van der Waals surface area contributed by atoms with Crippen LogP contribution in [0.15, 0.2) is 78.0 Å². The van der Waals surface area contributed by atoms with Crippen molar-refractivity contribution in [1.29, 1.82) is 0 Å². The zero-order valence-electron chi connectivity index (χ0n) is 19.4. The fourth-order valence-electron chi connectivity index (χ4n) is 3.35. The third kappa shape index (κ3) is 5.52. The van der Waals surface area contributed by atoms with E-state index in [1.54, 1.807) is 62.6 Å². The molecule has 35 heavy (non-hydrogen) atoms. The number of methoxy groups -OCH3 is 1. The van der Waals surface area contributed by atoms with E-state index in [-0.39, 0.29) is 17.4 Å². The third-order valence-corrected chi connectivity index (χ3v) is 6.34. The van der Waals surface area contributed by atoms with Crippen molar-refractivity contribution in [3.63, 3.8) is 0 Å². The van der Waals surface area contributed by atoms with Gasteiger partial charge in [-0.25, -0.2) is 0 Å². The van der Waals surface area contributed by atoms with E-state index in [4.69, 9.17) is 4.74 Å². The molecule has 0 aliphatic heterocycles. The molecule has 3 aromatic carbocycles. The Morgan fingerprint density at radius 1 is 0.971 bits per heavy atom. The molecule has 1 atom stereocenters. The summed E-state index contributed by atoms with van der Waals surface area (Å²) >= 11 is 1.27. The van der Waals surface area contributed by atoms with Gasteiger partial charge in [-0.3, -0.25) is 14.2 Å². The minimum Gasteiger partial charge on any atom is -0.508 e. The van der Waals surface area contributed by atoms with Crippen LogP contribution in [-0.2, 0) is 4.79 Å². The van der Waals surface area contributed by atoms with Crippen molar-refractivity contribution in [2.24, 2.45) is 0 Å². The van der Waals surface area contributed by atoms with Crippen molar-refractivity contribution < 1.29 is 19.4 Å². The summed E-state index contributed by atoms with van der Waals surface area (Å²) in [5.74, 6) is 1.20. The number of carbonyl (C=O) groups excluding carboxylic acids is 2. The molecule has 0 saturated heterocycles. The van der Waals surface area contributed by atoms with E-state index < -0.39 is 5.25 Å². The maximum absolute atomic E-state index is 12.9. The molecule has 2 N–H and O–H groups in total. The van der Waals surface area contributed by atoms with Gasteiger partial charge in [0.1, 0.15) is 11.5 Å². The van der Waals surface area contributed by atoms with Gasteiger partial charge < -0.3 is 15.2 Å². The number of phenolic OH excluding ortho intramolecular Hbond substituents is 1. The topological polar surface area (TPSA) is 106 Å². The summed E-state index contributed by atoms with van der Waals surface area (Å²) in [6.45, 7) is 3.29. The van der Waals surface area contributed by atoms with Crippen LogP contribution in [0.25, 0.3) is 17.1 Å². The zero-order chi connectivity index (χ0) is 24.9. The molecule has 1 aromatic heterocycles. The molecular weight excluding hydrogens is 464 g/mol. The largest absolute Gasteiger partial charge is 0.508 e. The predicted octanol–water partition coefficient (Wildman–Crippen LogP) is 4.97. The normalized spacial score (nSPS) is 11.6. The number of ketones is 1. The number of benzene rings is 3. The van der Waals surface area contributed by atoms with Crippen LogP contribution in [0.3, 0.4) is 0 Å². The molecule has 0 aliphatic carbocycles. The second-order valence-corrected chi connectivity index (χ2v) is 9.08. The number of ether oxygens (including phenoxy) is 1. The fraction of sp³-hybridized carbons (Fsp3) is 0.154. The monoisotopic (exact) mass is 488 g/mol. The maximum Gasteiger partial charge on any atom is 0.237 e. The number of nitrogens with one attached hydrogen (secondary N) is 1. The molecule has 0 radical (unpaired) electrons. The number of anilines is 1. The SMILES string of the molecule is COc1ccc(-n2c(SC(C)C(=O)Nc3ccc(C(C)=O)cc3)nnc2-c2ccc(O)cc2)cc1. The number of nitrogens with zero attached hydrogens (tertiary/aromatic N) is 3. The molecule has 1 heterocycles. The van der Waals surface area contributed by atoms with Crippen LogP contribution in [0.1, 0.15) is 24.2 Å². The summed E-state index contributed by atoms with van der Waals surface area (Å²) in [4.78, 5) is 24.4. The van der Waals surface area contributed by atoms with Gasteiger partial charge in [0.2, 0.25) is 5.91 Å². The second kappa shape index (κ2) is 10.4. The summed E-state index contributed by atoms with van der Waals surface area (Å²) in [7, 11) is 1.60. The van der Waals surface area contributed by atoms with Gasteiger partial charge in [0.05, 0.1) is 12.4 Å². The Morgan fingerprint density at radius 2 is 1.63 bits per heavy atom. The first-order valence-corrected chi connectivity index (χ1v) is 11.7. The van der Waals surface area contributed by atoms with Crippen molar-refractivity contribution in [3.8, 4) is 28.6 Å². The number of thioether (sulfide) groups is 1. The van der Waals surface area contributed by atoms with Gasteiger partial charge in [-0.2, -0.15) is 0 Å². The molecule has 0 bridgehead atoms. The van der Waals surface area contributed by atoms with E-state index in [9.17, 15) is 14.7 Å². The molecule has 9 heteroatoms.